The molecule has 0 amide bonds. The molecule has 0 fully saturated rings. The van der Waals surface area contributed by atoms with Crippen molar-refractivity contribution in [3.63, 3.8) is 0 Å². The summed E-state index contributed by atoms with van der Waals surface area (Å²) >= 11 is 0. The molecule has 0 saturated carbocycles. The molecule has 0 N–H and O–H groups in total. The normalized spacial score (nSPS) is 10.8. The van der Waals surface area contributed by atoms with Crippen molar-refractivity contribution in [1.29, 1.82) is 0 Å². The first-order chi connectivity index (χ1) is 6.16. The molecule has 13 heavy (non-hydrogen) atoms. The van der Waals surface area contributed by atoms with Gasteiger partial charge in [0.2, 0.25) is 0 Å². The van der Waals surface area contributed by atoms with Gasteiger partial charge in [0.05, 0.1) is 0 Å². The molecule has 2 heteroatoms. The van der Waals surface area contributed by atoms with Crippen molar-refractivity contribution in [2.24, 2.45) is 0 Å². The fourth-order valence-corrected chi connectivity index (χ4v) is 1.34. The van der Waals surface area contributed by atoms with E-state index in [1.54, 1.807) is 6.07 Å². The minimum absolute atomic E-state index is 0.404. The van der Waals surface area contributed by atoms with Crippen LogP contribution < -0.4 is 0 Å². The second-order valence-corrected chi connectivity index (χ2v) is 3.13. The Balaban J connectivity index is 2.93. The monoisotopic (exact) mass is 183 g/mol. The van der Waals surface area contributed by atoms with Crippen LogP contribution in [0.15, 0.2) is 18.2 Å². The van der Waals surface area contributed by atoms with Crippen LogP contribution in [0.2, 0.25) is 0 Å². The Morgan fingerprint density at radius 3 is 2.62 bits per heavy atom. The van der Waals surface area contributed by atoms with Gasteiger partial charge in [-0.1, -0.05) is 32.4 Å². The van der Waals surface area contributed by atoms with Crippen LogP contribution in [0, 0.1) is 17.6 Å². The van der Waals surface area contributed by atoms with Crippen molar-refractivity contribution >= 4 is 0 Å². The maximum Gasteiger partial charge on any atom is 0.162 e. The third-order valence-electron chi connectivity index (χ3n) is 2.04. The zero-order chi connectivity index (χ0) is 9.84. The SMILES string of the molecule is CCC[C](C)c1cccc(F)c1F. The second kappa shape index (κ2) is 4.35. The molecule has 0 spiro atoms. The summed E-state index contributed by atoms with van der Waals surface area (Å²) in [5, 5.41) is 0. The molecule has 71 valence electrons. The van der Waals surface area contributed by atoms with E-state index in [1.807, 2.05) is 13.8 Å². The van der Waals surface area contributed by atoms with Gasteiger partial charge in [-0.3, -0.25) is 0 Å². The summed E-state index contributed by atoms with van der Waals surface area (Å²) in [4.78, 5) is 0. The lowest BCUT2D eigenvalue weighted by Crippen LogP contribution is -1.99. The third kappa shape index (κ3) is 2.27. The summed E-state index contributed by atoms with van der Waals surface area (Å²) < 4.78 is 26.0. The van der Waals surface area contributed by atoms with Crippen LogP contribution in [-0.4, -0.2) is 0 Å². The lowest BCUT2D eigenvalue weighted by Gasteiger charge is -2.10. The highest BCUT2D eigenvalue weighted by Gasteiger charge is 2.13. The van der Waals surface area contributed by atoms with Gasteiger partial charge in [0.25, 0.3) is 0 Å². The molecule has 0 aliphatic heterocycles. The molecule has 0 aromatic heterocycles. The van der Waals surface area contributed by atoms with Gasteiger partial charge in [-0.25, -0.2) is 8.78 Å². The molecule has 0 atom stereocenters. The number of benzene rings is 1. The van der Waals surface area contributed by atoms with Crippen LogP contribution in [-0.2, 0) is 0 Å². The summed E-state index contributed by atoms with van der Waals surface area (Å²) in [5.41, 5.74) is 0.404. The van der Waals surface area contributed by atoms with Gasteiger partial charge < -0.3 is 0 Å². The molecular formula is C11H13F2. The zero-order valence-corrected chi connectivity index (χ0v) is 7.90. The predicted molar refractivity (Wildman–Crippen MR) is 49.3 cm³/mol. The first-order valence-electron chi connectivity index (χ1n) is 4.43. The van der Waals surface area contributed by atoms with Gasteiger partial charge in [0.1, 0.15) is 0 Å². The van der Waals surface area contributed by atoms with Crippen LogP contribution in [0.4, 0.5) is 8.78 Å². The van der Waals surface area contributed by atoms with Crippen molar-refractivity contribution < 1.29 is 8.78 Å². The van der Waals surface area contributed by atoms with Crippen molar-refractivity contribution in [2.45, 2.75) is 26.7 Å². The average Bonchev–Trinajstić information content (AvgIpc) is 2.10. The van der Waals surface area contributed by atoms with Gasteiger partial charge in [-0.15, -0.1) is 0 Å². The predicted octanol–water partition coefficient (Wildman–Crippen LogP) is 3.71. The highest BCUT2D eigenvalue weighted by atomic mass is 19.2. The molecule has 1 rings (SSSR count). The maximum atomic E-state index is 13.2. The molecule has 0 heterocycles. The van der Waals surface area contributed by atoms with Crippen LogP contribution >= 0.6 is 0 Å². The maximum absolute atomic E-state index is 13.2. The van der Waals surface area contributed by atoms with Gasteiger partial charge in [0, 0.05) is 5.92 Å². The standard InChI is InChI=1S/C11H13F2/c1-3-5-8(2)9-6-4-7-10(12)11(9)13/h4,6-7H,3,5H2,1-2H3. The summed E-state index contributed by atoms with van der Waals surface area (Å²) in [6.45, 7) is 3.85. The molecule has 0 aliphatic carbocycles. The smallest absolute Gasteiger partial charge is 0.162 e. The van der Waals surface area contributed by atoms with Crippen molar-refractivity contribution in [2.75, 3.05) is 0 Å². The Morgan fingerprint density at radius 1 is 1.31 bits per heavy atom. The molecule has 0 bridgehead atoms. The first kappa shape index (κ1) is 10.2. The topological polar surface area (TPSA) is 0 Å². The summed E-state index contributed by atoms with van der Waals surface area (Å²) in [6, 6.07) is 4.29. The van der Waals surface area contributed by atoms with Crippen LogP contribution in [0.3, 0.4) is 0 Å². The summed E-state index contributed by atoms with van der Waals surface area (Å²) in [6.07, 6.45) is 1.75. The Bertz CT molecular complexity index is 281. The number of hydrogen-bond donors (Lipinski definition) is 0. The van der Waals surface area contributed by atoms with Gasteiger partial charge >= 0.3 is 0 Å². The van der Waals surface area contributed by atoms with E-state index in [1.165, 1.54) is 6.07 Å². The zero-order valence-electron chi connectivity index (χ0n) is 7.90. The van der Waals surface area contributed by atoms with Crippen LogP contribution in [0.25, 0.3) is 0 Å². The second-order valence-electron chi connectivity index (χ2n) is 3.13. The van der Waals surface area contributed by atoms with Crippen molar-refractivity contribution in [3.8, 4) is 0 Å². The number of hydrogen-bond acceptors (Lipinski definition) is 0. The van der Waals surface area contributed by atoms with Gasteiger partial charge in [0.15, 0.2) is 11.6 Å². The Hall–Kier alpha value is -0.920. The fourth-order valence-electron chi connectivity index (χ4n) is 1.34. The fraction of sp³-hybridized carbons (Fsp3) is 0.364. The van der Waals surface area contributed by atoms with Crippen LogP contribution in [0.5, 0.6) is 0 Å². The summed E-state index contributed by atoms with van der Waals surface area (Å²) in [5.74, 6) is -0.596. The minimum atomic E-state index is -0.770. The highest BCUT2D eigenvalue weighted by molar-refractivity contribution is 5.31. The number of halogens is 2. The third-order valence-corrected chi connectivity index (χ3v) is 2.04. The lowest BCUT2D eigenvalue weighted by atomic mass is 9.96. The quantitative estimate of drug-likeness (QED) is 0.670. The van der Waals surface area contributed by atoms with Crippen LogP contribution in [0.1, 0.15) is 32.3 Å². The van der Waals surface area contributed by atoms with Gasteiger partial charge in [-0.05, 0) is 18.1 Å². The van der Waals surface area contributed by atoms with E-state index in [-0.39, 0.29) is 0 Å². The molecule has 0 saturated heterocycles. The van der Waals surface area contributed by atoms with E-state index in [0.29, 0.717) is 5.56 Å². The number of rotatable bonds is 3. The Morgan fingerprint density at radius 2 is 2.00 bits per heavy atom. The molecule has 0 nitrogen and oxygen atoms in total. The minimum Gasteiger partial charge on any atom is -0.204 e. The molecule has 1 aromatic carbocycles. The average molecular weight is 183 g/mol. The molecule has 1 aromatic rings. The largest absolute Gasteiger partial charge is 0.204 e. The van der Waals surface area contributed by atoms with E-state index in [0.717, 1.165) is 24.8 Å². The lowest BCUT2D eigenvalue weighted by molar-refractivity contribution is 0.500. The van der Waals surface area contributed by atoms with E-state index < -0.39 is 11.6 Å². The molecular weight excluding hydrogens is 170 g/mol. The summed E-state index contributed by atoms with van der Waals surface area (Å²) in [7, 11) is 0. The Labute approximate surface area is 77.6 Å². The van der Waals surface area contributed by atoms with E-state index >= 15 is 0 Å². The highest BCUT2D eigenvalue weighted by Crippen LogP contribution is 2.23. The molecule has 0 unspecified atom stereocenters. The van der Waals surface area contributed by atoms with Crippen molar-refractivity contribution in [1.82, 2.24) is 0 Å². The van der Waals surface area contributed by atoms with E-state index in [9.17, 15) is 8.78 Å². The van der Waals surface area contributed by atoms with Gasteiger partial charge in [-0.2, -0.15) is 0 Å². The van der Waals surface area contributed by atoms with E-state index in [4.69, 9.17) is 0 Å². The molecule has 1 radical (unpaired) electrons. The Kier molecular flexibility index (Phi) is 3.40. The first-order valence-corrected chi connectivity index (χ1v) is 4.43. The van der Waals surface area contributed by atoms with E-state index in [2.05, 4.69) is 0 Å². The van der Waals surface area contributed by atoms with Crippen molar-refractivity contribution in [3.05, 3.63) is 41.3 Å². The molecule has 0 aliphatic rings.